The lowest BCUT2D eigenvalue weighted by Crippen LogP contribution is -2.46. The van der Waals surface area contributed by atoms with Gasteiger partial charge in [0, 0.05) is 0 Å². The van der Waals surface area contributed by atoms with Gasteiger partial charge in [-0.3, -0.25) is 0 Å². The highest BCUT2D eigenvalue weighted by molar-refractivity contribution is 4.78. The Bertz CT molecular complexity index is 106. The third-order valence-corrected chi connectivity index (χ3v) is 1.74. The van der Waals surface area contributed by atoms with Crippen molar-refractivity contribution in [3.05, 3.63) is 0 Å². The van der Waals surface area contributed by atoms with Crippen LogP contribution in [0, 0.1) is 0 Å². The van der Waals surface area contributed by atoms with Crippen LogP contribution in [0.4, 0.5) is 0 Å². The van der Waals surface area contributed by atoms with Crippen LogP contribution in [0.2, 0.25) is 0 Å². The molecule has 3 atom stereocenters. The minimum atomic E-state index is -0.894. The Morgan fingerprint density at radius 3 is 1.82 bits per heavy atom. The third kappa shape index (κ3) is 3.16. The second-order valence-corrected chi connectivity index (χ2v) is 2.94. The van der Waals surface area contributed by atoms with E-state index in [0.717, 1.165) is 0 Å². The van der Waals surface area contributed by atoms with Crippen LogP contribution in [0.1, 0.15) is 6.92 Å². The first-order valence-corrected chi connectivity index (χ1v) is 3.64. The quantitative estimate of drug-likeness (QED) is 0.479. The fourth-order valence-electron chi connectivity index (χ4n) is 0.898. The summed E-state index contributed by atoms with van der Waals surface area (Å²) in [5, 5.41) is 27.1. The molecular formula is C7H17NO3. The van der Waals surface area contributed by atoms with Gasteiger partial charge < -0.3 is 20.2 Å². The van der Waals surface area contributed by atoms with E-state index in [4.69, 9.17) is 10.2 Å². The van der Waals surface area contributed by atoms with Gasteiger partial charge in [-0.05, 0) is 21.0 Å². The van der Waals surface area contributed by atoms with Crippen LogP contribution in [-0.2, 0) is 0 Å². The summed E-state index contributed by atoms with van der Waals surface area (Å²) in [5.74, 6) is 0. The number of hydrogen-bond donors (Lipinski definition) is 3. The van der Waals surface area contributed by atoms with Crippen LogP contribution in [-0.4, -0.2) is 59.2 Å². The molecule has 0 saturated heterocycles. The van der Waals surface area contributed by atoms with Crippen molar-refractivity contribution in [2.45, 2.75) is 25.2 Å². The van der Waals surface area contributed by atoms with Gasteiger partial charge in [0.25, 0.3) is 0 Å². The number of aliphatic hydroxyl groups is 3. The van der Waals surface area contributed by atoms with Crippen LogP contribution < -0.4 is 0 Å². The van der Waals surface area contributed by atoms with Crippen LogP contribution in [0.15, 0.2) is 0 Å². The number of rotatable bonds is 4. The van der Waals surface area contributed by atoms with Crippen molar-refractivity contribution in [2.75, 3.05) is 20.7 Å². The summed E-state index contributed by atoms with van der Waals surface area (Å²) in [6.07, 6.45) is -1.70. The molecule has 0 aromatic heterocycles. The van der Waals surface area contributed by atoms with Gasteiger partial charge in [-0.2, -0.15) is 0 Å². The molecule has 0 aliphatic carbocycles. The summed E-state index contributed by atoms with van der Waals surface area (Å²) in [6.45, 7) is 1.34. The summed E-state index contributed by atoms with van der Waals surface area (Å²) in [6, 6.07) is -0.394. The molecule has 0 aromatic carbocycles. The summed E-state index contributed by atoms with van der Waals surface area (Å²) in [4.78, 5) is 1.68. The van der Waals surface area contributed by atoms with Crippen molar-refractivity contribution in [1.29, 1.82) is 0 Å². The Labute approximate surface area is 67.1 Å². The first kappa shape index (κ1) is 10.8. The lowest BCUT2D eigenvalue weighted by molar-refractivity contribution is -0.0349. The molecule has 0 rings (SSSR count). The van der Waals surface area contributed by atoms with E-state index in [2.05, 4.69) is 0 Å². The van der Waals surface area contributed by atoms with E-state index in [0.29, 0.717) is 0 Å². The largest absolute Gasteiger partial charge is 0.395 e. The zero-order valence-electron chi connectivity index (χ0n) is 7.23. The SMILES string of the molecule is CC(O)C(O)C(CO)N(C)C. The molecule has 68 valence electrons. The van der Waals surface area contributed by atoms with E-state index in [1.54, 1.807) is 19.0 Å². The standard InChI is InChI=1S/C7H17NO3/c1-5(10)7(11)6(4-9)8(2)3/h5-7,9-11H,4H2,1-3H3. The summed E-state index contributed by atoms with van der Waals surface area (Å²) < 4.78 is 0. The topological polar surface area (TPSA) is 63.9 Å². The minimum absolute atomic E-state index is 0.154. The first-order valence-electron chi connectivity index (χ1n) is 3.64. The Morgan fingerprint density at radius 2 is 1.73 bits per heavy atom. The van der Waals surface area contributed by atoms with Gasteiger partial charge in [-0.25, -0.2) is 0 Å². The third-order valence-electron chi connectivity index (χ3n) is 1.74. The molecule has 0 aliphatic rings. The van der Waals surface area contributed by atoms with Crippen molar-refractivity contribution in [3.63, 3.8) is 0 Å². The average Bonchev–Trinajstić information content (AvgIpc) is 1.88. The van der Waals surface area contributed by atoms with E-state index in [1.165, 1.54) is 6.92 Å². The van der Waals surface area contributed by atoms with Gasteiger partial charge in [-0.15, -0.1) is 0 Å². The highest BCUT2D eigenvalue weighted by Gasteiger charge is 2.24. The molecule has 4 heteroatoms. The zero-order valence-corrected chi connectivity index (χ0v) is 7.23. The zero-order chi connectivity index (χ0) is 9.02. The van der Waals surface area contributed by atoms with Crippen LogP contribution in [0.5, 0.6) is 0 Å². The maximum absolute atomic E-state index is 9.30. The molecular weight excluding hydrogens is 146 g/mol. The lowest BCUT2D eigenvalue weighted by Gasteiger charge is -2.28. The Hall–Kier alpha value is -0.160. The second kappa shape index (κ2) is 4.66. The predicted molar refractivity (Wildman–Crippen MR) is 42.2 cm³/mol. The van der Waals surface area contributed by atoms with Crippen molar-refractivity contribution in [1.82, 2.24) is 4.90 Å². The maximum atomic E-state index is 9.30. The second-order valence-electron chi connectivity index (χ2n) is 2.94. The molecule has 11 heavy (non-hydrogen) atoms. The fraction of sp³-hybridized carbons (Fsp3) is 1.00. The molecule has 0 radical (unpaired) electrons. The number of likely N-dealkylation sites (N-methyl/N-ethyl adjacent to an activating group) is 1. The molecule has 0 spiro atoms. The molecule has 0 fully saturated rings. The minimum Gasteiger partial charge on any atom is -0.395 e. The van der Waals surface area contributed by atoms with Crippen molar-refractivity contribution in [3.8, 4) is 0 Å². The number of aliphatic hydroxyl groups excluding tert-OH is 3. The van der Waals surface area contributed by atoms with Gasteiger partial charge in [0.15, 0.2) is 0 Å². The normalized spacial score (nSPS) is 19.9. The molecule has 0 saturated carbocycles. The van der Waals surface area contributed by atoms with Gasteiger partial charge in [0.1, 0.15) is 0 Å². The summed E-state index contributed by atoms with van der Waals surface area (Å²) in [7, 11) is 3.49. The average molecular weight is 163 g/mol. The van der Waals surface area contributed by atoms with E-state index in [1.807, 2.05) is 0 Å². The van der Waals surface area contributed by atoms with Gasteiger partial charge in [0.2, 0.25) is 0 Å². The molecule has 3 unspecified atom stereocenters. The van der Waals surface area contributed by atoms with Crippen molar-refractivity contribution >= 4 is 0 Å². The van der Waals surface area contributed by atoms with Crippen molar-refractivity contribution < 1.29 is 15.3 Å². The molecule has 0 aliphatic heterocycles. The van der Waals surface area contributed by atoms with E-state index in [9.17, 15) is 5.11 Å². The van der Waals surface area contributed by atoms with E-state index < -0.39 is 18.2 Å². The highest BCUT2D eigenvalue weighted by Crippen LogP contribution is 2.03. The Morgan fingerprint density at radius 1 is 1.27 bits per heavy atom. The van der Waals surface area contributed by atoms with Crippen LogP contribution in [0.25, 0.3) is 0 Å². The van der Waals surface area contributed by atoms with Gasteiger partial charge >= 0.3 is 0 Å². The molecule has 4 nitrogen and oxygen atoms in total. The molecule has 0 aromatic rings. The fourth-order valence-corrected chi connectivity index (χ4v) is 0.898. The van der Waals surface area contributed by atoms with Gasteiger partial charge in [0.05, 0.1) is 24.9 Å². The summed E-state index contributed by atoms with van der Waals surface area (Å²) in [5.41, 5.74) is 0. The molecule has 3 N–H and O–H groups in total. The maximum Gasteiger partial charge on any atom is 0.0973 e. The number of nitrogens with zero attached hydrogens (tertiary/aromatic N) is 1. The Balaban J connectivity index is 4.02. The molecule has 0 amide bonds. The molecule has 0 heterocycles. The van der Waals surface area contributed by atoms with Crippen LogP contribution >= 0.6 is 0 Å². The van der Waals surface area contributed by atoms with Crippen molar-refractivity contribution in [2.24, 2.45) is 0 Å². The molecule has 0 bridgehead atoms. The highest BCUT2D eigenvalue weighted by atomic mass is 16.3. The van der Waals surface area contributed by atoms with Gasteiger partial charge in [-0.1, -0.05) is 0 Å². The Kier molecular flexibility index (Phi) is 4.60. The van der Waals surface area contributed by atoms with Crippen LogP contribution in [0.3, 0.4) is 0 Å². The lowest BCUT2D eigenvalue weighted by atomic mass is 10.1. The number of hydrogen-bond acceptors (Lipinski definition) is 4. The van der Waals surface area contributed by atoms with E-state index in [-0.39, 0.29) is 6.61 Å². The smallest absolute Gasteiger partial charge is 0.0973 e. The first-order chi connectivity index (χ1) is 5.00. The monoisotopic (exact) mass is 163 g/mol. The summed E-state index contributed by atoms with van der Waals surface area (Å²) >= 11 is 0. The van der Waals surface area contributed by atoms with E-state index >= 15 is 0 Å². The predicted octanol–water partition coefficient (Wildman–Crippen LogP) is -1.35.